The number of fused-ring (bicyclic) bond motifs is 1. The number of methoxy groups -OCH3 is 1. The lowest BCUT2D eigenvalue weighted by molar-refractivity contribution is -0.115. The molecule has 0 spiro atoms. The number of amides is 1. The molecule has 1 aromatic heterocycles. The maximum Gasteiger partial charge on any atom is 0.262 e. The highest BCUT2D eigenvalue weighted by Crippen LogP contribution is 2.36. The van der Waals surface area contributed by atoms with Crippen molar-refractivity contribution in [1.29, 1.82) is 0 Å². The zero-order valence-corrected chi connectivity index (χ0v) is 20.4. The molecule has 7 nitrogen and oxygen atoms in total. The Morgan fingerprint density at radius 1 is 1.11 bits per heavy atom. The molecule has 0 fully saturated rings. The van der Waals surface area contributed by atoms with Crippen LogP contribution in [0.1, 0.15) is 22.8 Å². The molecule has 35 heavy (non-hydrogen) atoms. The van der Waals surface area contributed by atoms with Crippen LogP contribution in [0, 0.1) is 6.92 Å². The van der Waals surface area contributed by atoms with E-state index in [-0.39, 0.29) is 18.1 Å². The first-order chi connectivity index (χ1) is 17.0. The maximum absolute atomic E-state index is 13.6. The zero-order valence-electron chi connectivity index (χ0n) is 19.6. The number of carbonyl (C=O) groups excluding carboxylic acids is 1. The second-order valence-corrected chi connectivity index (χ2v) is 9.12. The number of carbonyl (C=O) groups is 1. The van der Waals surface area contributed by atoms with Crippen molar-refractivity contribution in [3.63, 3.8) is 0 Å². The zero-order chi connectivity index (χ0) is 24.8. The summed E-state index contributed by atoms with van der Waals surface area (Å²) in [6, 6.07) is 22.1. The lowest BCUT2D eigenvalue weighted by Gasteiger charge is -2.20. The van der Waals surface area contributed by atoms with E-state index in [0.717, 1.165) is 11.1 Å². The highest BCUT2D eigenvalue weighted by Gasteiger charge is 2.26. The van der Waals surface area contributed by atoms with E-state index in [1.54, 1.807) is 29.9 Å². The van der Waals surface area contributed by atoms with Crippen LogP contribution in [-0.4, -0.2) is 34.3 Å². The predicted molar refractivity (Wildman–Crippen MR) is 139 cm³/mol. The minimum absolute atomic E-state index is 0.0564. The molecule has 4 aromatic rings. The van der Waals surface area contributed by atoms with Gasteiger partial charge in [-0.05, 0) is 48.7 Å². The third-order valence-electron chi connectivity index (χ3n) is 5.54. The summed E-state index contributed by atoms with van der Waals surface area (Å²) in [4.78, 5) is 31.6. The molecule has 0 aliphatic rings. The van der Waals surface area contributed by atoms with Crippen LogP contribution in [0.2, 0.25) is 0 Å². The van der Waals surface area contributed by atoms with Crippen LogP contribution in [0.3, 0.4) is 0 Å². The van der Waals surface area contributed by atoms with Crippen molar-refractivity contribution < 1.29 is 14.6 Å². The number of benzene rings is 3. The van der Waals surface area contributed by atoms with E-state index in [1.807, 2.05) is 61.5 Å². The Morgan fingerprint density at radius 3 is 2.60 bits per heavy atom. The van der Waals surface area contributed by atoms with Crippen molar-refractivity contribution in [1.82, 2.24) is 9.55 Å². The fourth-order valence-electron chi connectivity index (χ4n) is 3.79. The van der Waals surface area contributed by atoms with Gasteiger partial charge >= 0.3 is 0 Å². The molecule has 1 unspecified atom stereocenters. The van der Waals surface area contributed by atoms with Gasteiger partial charge in [0.25, 0.3) is 5.56 Å². The largest absolute Gasteiger partial charge is 0.495 e. The average Bonchev–Trinajstić information content (AvgIpc) is 2.87. The molecule has 0 saturated heterocycles. The van der Waals surface area contributed by atoms with Crippen LogP contribution < -0.4 is 15.6 Å². The third kappa shape index (κ3) is 5.55. The number of thioether (sulfide) groups is 1. The van der Waals surface area contributed by atoms with E-state index in [1.165, 1.54) is 11.8 Å². The quantitative estimate of drug-likeness (QED) is 0.264. The number of anilines is 1. The average molecular weight is 490 g/mol. The molecule has 0 aliphatic heterocycles. The van der Waals surface area contributed by atoms with Gasteiger partial charge in [-0.1, -0.05) is 60.3 Å². The van der Waals surface area contributed by atoms with E-state index in [0.29, 0.717) is 40.5 Å². The summed E-state index contributed by atoms with van der Waals surface area (Å²) in [5, 5.41) is 12.6. The first-order valence-electron chi connectivity index (χ1n) is 11.3. The van der Waals surface area contributed by atoms with Gasteiger partial charge in [-0.2, -0.15) is 0 Å². The highest BCUT2D eigenvalue weighted by molar-refractivity contribution is 8.00. The van der Waals surface area contributed by atoms with E-state index < -0.39 is 5.25 Å². The number of aromatic nitrogens is 2. The molecular weight excluding hydrogens is 462 g/mol. The van der Waals surface area contributed by atoms with E-state index in [2.05, 4.69) is 5.32 Å². The Balaban J connectivity index is 1.77. The Labute approximate surface area is 207 Å². The van der Waals surface area contributed by atoms with Crippen LogP contribution in [0.15, 0.2) is 82.7 Å². The summed E-state index contributed by atoms with van der Waals surface area (Å²) in [7, 11) is 1.56. The minimum Gasteiger partial charge on any atom is -0.495 e. The minimum atomic E-state index is -0.685. The number of aliphatic hydroxyl groups excluding tert-OH is 1. The van der Waals surface area contributed by atoms with Gasteiger partial charge in [-0.3, -0.25) is 14.2 Å². The smallest absolute Gasteiger partial charge is 0.262 e. The molecular formula is C27H27N3O4S. The SMILES string of the molecule is COc1ccc(C)cc1NC(=O)C(Sc1nc2ccccc2c(=O)n1CCCO)c1ccccc1. The normalized spacial score (nSPS) is 11.9. The Morgan fingerprint density at radius 2 is 1.86 bits per heavy atom. The lowest BCUT2D eigenvalue weighted by atomic mass is 10.1. The van der Waals surface area contributed by atoms with Crippen LogP contribution in [0.5, 0.6) is 5.75 Å². The van der Waals surface area contributed by atoms with E-state index in [9.17, 15) is 14.7 Å². The number of hydrogen-bond donors (Lipinski definition) is 2. The van der Waals surface area contributed by atoms with Crippen molar-refractivity contribution in [2.45, 2.75) is 30.3 Å². The summed E-state index contributed by atoms with van der Waals surface area (Å²) < 4.78 is 6.97. The summed E-state index contributed by atoms with van der Waals surface area (Å²) in [5.41, 5.74) is 2.70. The van der Waals surface area contributed by atoms with Crippen LogP contribution >= 0.6 is 11.8 Å². The maximum atomic E-state index is 13.6. The number of aryl methyl sites for hydroxylation is 1. The van der Waals surface area contributed by atoms with Gasteiger partial charge in [0.1, 0.15) is 11.0 Å². The van der Waals surface area contributed by atoms with Gasteiger partial charge in [0.05, 0.1) is 23.7 Å². The molecule has 0 radical (unpaired) electrons. The van der Waals surface area contributed by atoms with Crippen molar-refractivity contribution in [2.24, 2.45) is 0 Å². The summed E-state index contributed by atoms with van der Waals surface area (Å²) >= 11 is 1.21. The van der Waals surface area contributed by atoms with Gasteiger partial charge in [-0.15, -0.1) is 0 Å². The van der Waals surface area contributed by atoms with Gasteiger partial charge < -0.3 is 15.2 Å². The molecule has 4 rings (SSSR count). The van der Waals surface area contributed by atoms with Gasteiger partial charge in [0.15, 0.2) is 5.16 Å². The number of rotatable bonds is 9. The first kappa shape index (κ1) is 24.5. The van der Waals surface area contributed by atoms with Crippen molar-refractivity contribution in [2.75, 3.05) is 19.0 Å². The number of aliphatic hydroxyl groups is 1. The van der Waals surface area contributed by atoms with Gasteiger partial charge in [0, 0.05) is 13.2 Å². The molecule has 1 heterocycles. The van der Waals surface area contributed by atoms with Crippen molar-refractivity contribution >= 4 is 34.3 Å². The highest BCUT2D eigenvalue weighted by atomic mass is 32.2. The topological polar surface area (TPSA) is 93.5 Å². The van der Waals surface area contributed by atoms with Crippen molar-refractivity contribution in [3.8, 4) is 5.75 Å². The third-order valence-corrected chi connectivity index (χ3v) is 6.79. The summed E-state index contributed by atoms with van der Waals surface area (Å²) in [6.07, 6.45) is 0.399. The summed E-state index contributed by atoms with van der Waals surface area (Å²) in [5.74, 6) is 0.297. The lowest BCUT2D eigenvalue weighted by Crippen LogP contribution is -2.26. The number of ether oxygens (including phenoxy) is 1. The van der Waals surface area contributed by atoms with Crippen molar-refractivity contribution in [3.05, 3.63) is 94.3 Å². The Bertz CT molecular complexity index is 1390. The predicted octanol–water partition coefficient (Wildman–Crippen LogP) is 4.57. The second kappa shape index (κ2) is 11.2. The molecule has 3 aromatic carbocycles. The molecule has 180 valence electrons. The molecule has 8 heteroatoms. The molecule has 1 atom stereocenters. The Kier molecular flexibility index (Phi) is 7.84. The fraction of sp³-hybridized carbons (Fsp3) is 0.222. The van der Waals surface area contributed by atoms with E-state index in [4.69, 9.17) is 9.72 Å². The number of hydrogen-bond acceptors (Lipinski definition) is 6. The standard InChI is InChI=1S/C27H27N3O4S/c1-18-13-14-23(34-2)22(17-18)28-25(32)24(19-9-4-3-5-10-19)35-27-29-21-12-7-6-11-20(21)26(33)30(27)15-8-16-31/h3-7,9-14,17,24,31H,8,15-16H2,1-2H3,(H,28,32). The molecule has 2 N–H and O–H groups in total. The van der Waals surface area contributed by atoms with Gasteiger partial charge in [-0.25, -0.2) is 4.98 Å². The van der Waals surface area contributed by atoms with E-state index >= 15 is 0 Å². The van der Waals surface area contributed by atoms with Crippen LogP contribution in [-0.2, 0) is 11.3 Å². The molecule has 1 amide bonds. The number of nitrogens with one attached hydrogen (secondary N) is 1. The second-order valence-electron chi connectivity index (χ2n) is 8.05. The first-order valence-corrected chi connectivity index (χ1v) is 12.2. The summed E-state index contributed by atoms with van der Waals surface area (Å²) in [6.45, 7) is 2.18. The van der Waals surface area contributed by atoms with Gasteiger partial charge in [0.2, 0.25) is 5.91 Å². The number of para-hydroxylation sites is 1. The molecule has 0 aliphatic carbocycles. The molecule has 0 bridgehead atoms. The monoisotopic (exact) mass is 489 g/mol. The van der Waals surface area contributed by atoms with Crippen LogP contribution in [0.4, 0.5) is 5.69 Å². The van der Waals surface area contributed by atoms with Crippen LogP contribution in [0.25, 0.3) is 10.9 Å². The fourth-order valence-corrected chi connectivity index (χ4v) is 4.91. The number of nitrogens with zero attached hydrogens (tertiary/aromatic N) is 2. The molecule has 0 saturated carbocycles. The Hall–Kier alpha value is -3.62.